The Labute approximate surface area is 95.8 Å². The number of carbonyl (C=O) groups excluding carboxylic acids is 1. The molecule has 0 atom stereocenters. The molecule has 1 aliphatic heterocycles. The number of anilines is 1. The third kappa shape index (κ3) is 2.03. The molecule has 0 aliphatic carbocycles. The van der Waals surface area contributed by atoms with E-state index in [-0.39, 0.29) is 5.91 Å². The number of hydrogen-bond acceptors (Lipinski definition) is 3. The SMILES string of the molecule is CN1CC(=O)Nc2ncc(I)cc2C1. The summed E-state index contributed by atoms with van der Waals surface area (Å²) < 4.78 is 1.09. The molecule has 0 saturated carbocycles. The van der Waals surface area contributed by atoms with Gasteiger partial charge in [-0.1, -0.05) is 0 Å². The zero-order valence-electron chi connectivity index (χ0n) is 7.75. The summed E-state index contributed by atoms with van der Waals surface area (Å²) in [5, 5.41) is 2.78. The summed E-state index contributed by atoms with van der Waals surface area (Å²) >= 11 is 2.22. The van der Waals surface area contributed by atoms with Crippen LogP contribution in [0.5, 0.6) is 0 Å². The number of nitrogens with one attached hydrogen (secondary N) is 1. The van der Waals surface area contributed by atoms with E-state index in [0.717, 1.165) is 15.7 Å². The molecule has 0 bridgehead atoms. The maximum absolute atomic E-state index is 11.3. The molecular formula is C9H10IN3O. The second-order valence-corrected chi connectivity index (χ2v) is 4.63. The van der Waals surface area contributed by atoms with Crippen LogP contribution in [-0.2, 0) is 11.3 Å². The van der Waals surface area contributed by atoms with Gasteiger partial charge in [0.25, 0.3) is 0 Å². The molecule has 0 radical (unpaired) electrons. The summed E-state index contributed by atoms with van der Waals surface area (Å²) in [5.41, 5.74) is 1.07. The van der Waals surface area contributed by atoms with Gasteiger partial charge in [-0.2, -0.15) is 0 Å². The number of pyridine rings is 1. The molecule has 2 rings (SSSR count). The summed E-state index contributed by atoms with van der Waals surface area (Å²) in [7, 11) is 1.93. The van der Waals surface area contributed by atoms with Crippen molar-refractivity contribution in [2.24, 2.45) is 0 Å². The number of likely N-dealkylation sites (N-methyl/N-ethyl adjacent to an activating group) is 1. The molecule has 2 heterocycles. The Bertz CT molecular complexity index is 380. The third-order valence-electron chi connectivity index (χ3n) is 2.04. The van der Waals surface area contributed by atoms with Gasteiger partial charge in [0.2, 0.25) is 5.91 Å². The Balaban J connectivity index is 2.41. The van der Waals surface area contributed by atoms with Gasteiger partial charge >= 0.3 is 0 Å². The summed E-state index contributed by atoms with van der Waals surface area (Å²) in [5.74, 6) is 0.694. The minimum Gasteiger partial charge on any atom is -0.309 e. The third-order valence-corrected chi connectivity index (χ3v) is 2.63. The fourth-order valence-electron chi connectivity index (χ4n) is 1.48. The highest BCUT2D eigenvalue weighted by Gasteiger charge is 2.17. The molecule has 1 aliphatic rings. The largest absolute Gasteiger partial charge is 0.309 e. The fraction of sp³-hybridized carbons (Fsp3) is 0.333. The second kappa shape index (κ2) is 3.82. The van der Waals surface area contributed by atoms with Crippen LogP contribution in [0.1, 0.15) is 5.56 Å². The van der Waals surface area contributed by atoms with E-state index in [1.54, 1.807) is 6.20 Å². The van der Waals surface area contributed by atoms with Crippen LogP contribution in [0.25, 0.3) is 0 Å². The molecule has 0 spiro atoms. The van der Waals surface area contributed by atoms with E-state index >= 15 is 0 Å². The molecule has 4 nitrogen and oxygen atoms in total. The Kier molecular flexibility index (Phi) is 2.69. The predicted molar refractivity (Wildman–Crippen MR) is 61.9 cm³/mol. The van der Waals surface area contributed by atoms with Crippen molar-refractivity contribution in [3.05, 3.63) is 21.4 Å². The van der Waals surface area contributed by atoms with Crippen LogP contribution in [0, 0.1) is 3.57 Å². The van der Waals surface area contributed by atoms with Crippen molar-refractivity contribution in [1.82, 2.24) is 9.88 Å². The van der Waals surface area contributed by atoms with Gasteiger partial charge in [-0.15, -0.1) is 0 Å². The minimum atomic E-state index is -0.0000387. The lowest BCUT2D eigenvalue weighted by Gasteiger charge is -2.10. The summed E-state index contributed by atoms with van der Waals surface area (Å²) in [4.78, 5) is 17.5. The zero-order chi connectivity index (χ0) is 10.1. The van der Waals surface area contributed by atoms with Crippen molar-refractivity contribution in [1.29, 1.82) is 0 Å². The van der Waals surface area contributed by atoms with E-state index < -0.39 is 0 Å². The summed E-state index contributed by atoms with van der Waals surface area (Å²) in [6.45, 7) is 1.19. The Hall–Kier alpha value is -0.690. The van der Waals surface area contributed by atoms with Crippen LogP contribution in [0.3, 0.4) is 0 Å². The van der Waals surface area contributed by atoms with E-state index in [1.807, 2.05) is 18.0 Å². The van der Waals surface area contributed by atoms with Crippen molar-refractivity contribution >= 4 is 34.3 Å². The number of halogens is 1. The molecule has 0 saturated heterocycles. The number of amides is 1. The normalized spacial score (nSPS) is 17.1. The van der Waals surface area contributed by atoms with Crippen molar-refractivity contribution in [3.63, 3.8) is 0 Å². The van der Waals surface area contributed by atoms with Gasteiger partial charge in [-0.05, 0) is 35.7 Å². The van der Waals surface area contributed by atoms with Crippen LogP contribution >= 0.6 is 22.6 Å². The Morgan fingerprint density at radius 3 is 3.14 bits per heavy atom. The molecule has 0 unspecified atom stereocenters. The topological polar surface area (TPSA) is 45.2 Å². The van der Waals surface area contributed by atoms with Crippen LogP contribution < -0.4 is 5.32 Å². The average molecular weight is 303 g/mol. The van der Waals surface area contributed by atoms with Gasteiger partial charge in [0.1, 0.15) is 5.82 Å². The van der Waals surface area contributed by atoms with Gasteiger partial charge in [-0.3, -0.25) is 9.69 Å². The summed E-state index contributed by atoms with van der Waals surface area (Å²) in [6.07, 6.45) is 1.75. The molecule has 74 valence electrons. The average Bonchev–Trinajstić information content (AvgIpc) is 2.21. The predicted octanol–water partition coefficient (Wildman–Crippen LogP) is 1.07. The first kappa shape index (κ1) is 9.85. The van der Waals surface area contributed by atoms with E-state index in [1.165, 1.54) is 0 Å². The zero-order valence-corrected chi connectivity index (χ0v) is 9.91. The van der Waals surface area contributed by atoms with Crippen LogP contribution in [0.15, 0.2) is 12.3 Å². The molecule has 0 fully saturated rings. The van der Waals surface area contributed by atoms with Crippen molar-refractivity contribution in [2.75, 3.05) is 18.9 Å². The van der Waals surface area contributed by atoms with Gasteiger partial charge in [0, 0.05) is 21.9 Å². The molecular weight excluding hydrogens is 293 g/mol. The number of fused-ring (bicyclic) bond motifs is 1. The molecule has 1 aromatic heterocycles. The van der Waals surface area contributed by atoms with E-state index in [9.17, 15) is 4.79 Å². The molecule has 0 aromatic carbocycles. The maximum atomic E-state index is 11.3. The number of nitrogens with zero attached hydrogens (tertiary/aromatic N) is 2. The highest BCUT2D eigenvalue weighted by Crippen LogP contribution is 2.19. The Morgan fingerprint density at radius 1 is 1.57 bits per heavy atom. The lowest BCUT2D eigenvalue weighted by molar-refractivity contribution is -0.116. The summed E-state index contributed by atoms with van der Waals surface area (Å²) in [6, 6.07) is 2.05. The van der Waals surface area contributed by atoms with E-state index in [0.29, 0.717) is 12.4 Å². The molecule has 1 N–H and O–H groups in total. The standard InChI is InChI=1S/C9H10IN3O/c1-13-4-6-2-7(10)3-11-9(6)12-8(14)5-13/h2-3H,4-5H2,1H3,(H,11,12,14). The monoisotopic (exact) mass is 303 g/mol. The van der Waals surface area contributed by atoms with Gasteiger partial charge in [0.05, 0.1) is 6.54 Å². The first-order valence-corrected chi connectivity index (χ1v) is 5.36. The smallest absolute Gasteiger partial charge is 0.239 e. The maximum Gasteiger partial charge on any atom is 0.239 e. The van der Waals surface area contributed by atoms with E-state index in [2.05, 4.69) is 32.9 Å². The second-order valence-electron chi connectivity index (χ2n) is 3.38. The van der Waals surface area contributed by atoms with Gasteiger partial charge < -0.3 is 5.32 Å². The van der Waals surface area contributed by atoms with Crippen molar-refractivity contribution < 1.29 is 4.79 Å². The van der Waals surface area contributed by atoms with Gasteiger partial charge in [0.15, 0.2) is 0 Å². The lowest BCUT2D eigenvalue weighted by atomic mass is 10.2. The van der Waals surface area contributed by atoms with Gasteiger partial charge in [-0.25, -0.2) is 4.98 Å². The van der Waals surface area contributed by atoms with E-state index in [4.69, 9.17) is 0 Å². The van der Waals surface area contributed by atoms with Crippen LogP contribution in [-0.4, -0.2) is 29.4 Å². The molecule has 1 aromatic rings. The minimum absolute atomic E-state index is 0.0000387. The number of rotatable bonds is 0. The fourth-order valence-corrected chi connectivity index (χ4v) is 1.99. The van der Waals surface area contributed by atoms with Crippen molar-refractivity contribution in [2.45, 2.75) is 6.54 Å². The Morgan fingerprint density at radius 2 is 2.36 bits per heavy atom. The molecule has 5 heteroatoms. The first-order chi connectivity index (χ1) is 6.65. The lowest BCUT2D eigenvalue weighted by Crippen LogP contribution is -2.26. The van der Waals surface area contributed by atoms with Crippen LogP contribution in [0.4, 0.5) is 5.82 Å². The van der Waals surface area contributed by atoms with Crippen LogP contribution in [0.2, 0.25) is 0 Å². The first-order valence-electron chi connectivity index (χ1n) is 4.28. The highest BCUT2D eigenvalue weighted by molar-refractivity contribution is 14.1. The number of aromatic nitrogens is 1. The molecule has 14 heavy (non-hydrogen) atoms. The molecule has 1 amide bonds. The highest BCUT2D eigenvalue weighted by atomic mass is 127. The quantitative estimate of drug-likeness (QED) is 0.729. The number of carbonyl (C=O) groups is 1. The number of hydrogen-bond donors (Lipinski definition) is 1. The van der Waals surface area contributed by atoms with Crippen molar-refractivity contribution in [3.8, 4) is 0 Å².